The van der Waals surface area contributed by atoms with E-state index in [-0.39, 0.29) is 60.2 Å². The average Bonchev–Trinajstić information content (AvgIpc) is 2.79. The van der Waals surface area contributed by atoms with E-state index < -0.39 is 22.8 Å². The first kappa shape index (κ1) is 25.6. The first-order chi connectivity index (χ1) is 15.8. The van der Waals surface area contributed by atoms with E-state index in [0.717, 1.165) is 5.01 Å². The molecule has 0 aliphatic carbocycles. The van der Waals surface area contributed by atoms with Crippen LogP contribution < -0.4 is 0 Å². The Hall–Kier alpha value is -3.64. The van der Waals surface area contributed by atoms with E-state index in [1.165, 1.54) is 52.3 Å². The van der Waals surface area contributed by atoms with Crippen LogP contribution in [-0.4, -0.2) is 62.5 Å². The van der Waals surface area contributed by atoms with Crippen molar-refractivity contribution in [3.63, 3.8) is 0 Å². The van der Waals surface area contributed by atoms with Gasteiger partial charge in [-0.25, -0.2) is 14.6 Å². The molecule has 1 aliphatic rings. The van der Waals surface area contributed by atoms with Gasteiger partial charge in [-0.15, -0.1) is 4.91 Å². The summed E-state index contributed by atoms with van der Waals surface area (Å²) >= 11 is 0. The van der Waals surface area contributed by atoms with Gasteiger partial charge in [-0.05, 0) is 19.4 Å². The highest BCUT2D eigenvalue weighted by molar-refractivity contribution is 5.99. The standard InChI is InChI=1S/C21H25N3O9/c1-13-17(20(25)32-10-8-30-3)19(15-6-5-7-16(12-15)24(28)29)18(14(2)23(13)22-27)21(26)33-11-9-31-4/h5-7,12,19H,8-11H2,1-4H3. The largest absolute Gasteiger partial charge is 0.460 e. The fraction of sp³-hybridized carbons (Fsp3) is 0.429. The summed E-state index contributed by atoms with van der Waals surface area (Å²) in [5.41, 5.74) is 0.125. The van der Waals surface area contributed by atoms with Crippen molar-refractivity contribution in [2.75, 3.05) is 40.6 Å². The molecule has 0 aromatic heterocycles. The van der Waals surface area contributed by atoms with Crippen molar-refractivity contribution < 1.29 is 33.5 Å². The summed E-state index contributed by atoms with van der Waals surface area (Å²) in [5, 5.41) is 15.2. The molecule has 12 heteroatoms. The van der Waals surface area contributed by atoms with Crippen LogP contribution in [0, 0.1) is 15.0 Å². The molecular weight excluding hydrogens is 438 g/mol. The molecule has 0 saturated carbocycles. The Balaban J connectivity index is 2.68. The zero-order valence-electron chi connectivity index (χ0n) is 18.7. The van der Waals surface area contributed by atoms with Crippen LogP contribution in [0.3, 0.4) is 0 Å². The number of rotatable bonds is 11. The molecule has 0 radical (unpaired) electrons. The number of hydrogen-bond donors (Lipinski definition) is 0. The molecule has 178 valence electrons. The molecule has 1 aromatic rings. The summed E-state index contributed by atoms with van der Waals surface area (Å²) in [6.07, 6.45) is 0. The quantitative estimate of drug-likeness (QED) is 0.158. The average molecular weight is 463 g/mol. The normalized spacial score (nSPS) is 14.4. The zero-order chi connectivity index (χ0) is 24.5. The number of nitro benzene ring substituents is 1. The lowest BCUT2D eigenvalue weighted by Gasteiger charge is -2.33. The first-order valence-corrected chi connectivity index (χ1v) is 9.89. The number of esters is 2. The van der Waals surface area contributed by atoms with Gasteiger partial charge in [-0.1, -0.05) is 12.1 Å². The molecule has 0 fully saturated rings. The van der Waals surface area contributed by atoms with Crippen molar-refractivity contribution in [3.05, 3.63) is 67.4 Å². The van der Waals surface area contributed by atoms with Crippen LogP contribution in [0.1, 0.15) is 25.3 Å². The van der Waals surface area contributed by atoms with Crippen molar-refractivity contribution in [2.24, 2.45) is 5.29 Å². The first-order valence-electron chi connectivity index (χ1n) is 9.89. The molecule has 0 unspecified atom stereocenters. The second-order valence-corrected chi connectivity index (χ2v) is 6.93. The molecule has 1 aromatic carbocycles. The number of carbonyl (C=O) groups is 2. The van der Waals surface area contributed by atoms with Crippen molar-refractivity contribution in [1.82, 2.24) is 5.01 Å². The zero-order valence-corrected chi connectivity index (χ0v) is 18.7. The van der Waals surface area contributed by atoms with E-state index in [0.29, 0.717) is 0 Å². The molecule has 0 bridgehead atoms. The highest BCUT2D eigenvalue weighted by Crippen LogP contribution is 2.43. The fourth-order valence-electron chi connectivity index (χ4n) is 3.44. The van der Waals surface area contributed by atoms with Gasteiger partial charge in [0.2, 0.25) is 0 Å². The summed E-state index contributed by atoms with van der Waals surface area (Å²) in [5.74, 6) is -2.76. The maximum absolute atomic E-state index is 13.0. The Kier molecular flexibility index (Phi) is 9.18. The highest BCUT2D eigenvalue weighted by Gasteiger charge is 2.41. The summed E-state index contributed by atoms with van der Waals surface area (Å²) in [4.78, 5) is 48.5. The number of non-ortho nitro benzene ring substituents is 1. The van der Waals surface area contributed by atoms with Crippen molar-refractivity contribution >= 4 is 17.6 Å². The van der Waals surface area contributed by atoms with E-state index >= 15 is 0 Å². The maximum Gasteiger partial charge on any atom is 0.336 e. The molecule has 0 amide bonds. The number of allylic oxidation sites excluding steroid dienone is 2. The molecule has 0 N–H and O–H groups in total. The number of nitrogens with zero attached hydrogens (tertiary/aromatic N) is 3. The molecule has 2 rings (SSSR count). The van der Waals surface area contributed by atoms with Gasteiger partial charge < -0.3 is 18.9 Å². The Morgan fingerprint density at radius 3 is 1.94 bits per heavy atom. The lowest BCUT2D eigenvalue weighted by Crippen LogP contribution is -2.33. The predicted octanol–water partition coefficient (Wildman–Crippen LogP) is 2.60. The van der Waals surface area contributed by atoms with Crippen molar-refractivity contribution in [2.45, 2.75) is 19.8 Å². The molecule has 12 nitrogen and oxygen atoms in total. The third kappa shape index (κ3) is 5.79. The van der Waals surface area contributed by atoms with Gasteiger partial charge in [-0.2, -0.15) is 0 Å². The Morgan fingerprint density at radius 2 is 1.52 bits per heavy atom. The summed E-state index contributed by atoms with van der Waals surface area (Å²) in [6.45, 7) is 3.01. The lowest BCUT2D eigenvalue weighted by molar-refractivity contribution is -0.384. The van der Waals surface area contributed by atoms with Crippen LogP contribution in [0.4, 0.5) is 5.69 Å². The van der Waals surface area contributed by atoms with Crippen LogP contribution in [0.15, 0.2) is 52.1 Å². The summed E-state index contributed by atoms with van der Waals surface area (Å²) < 4.78 is 20.3. The number of benzene rings is 1. The van der Waals surface area contributed by atoms with Crippen LogP contribution >= 0.6 is 0 Å². The van der Waals surface area contributed by atoms with Gasteiger partial charge in [0.25, 0.3) is 5.69 Å². The summed E-state index contributed by atoms with van der Waals surface area (Å²) in [7, 11) is 2.87. The summed E-state index contributed by atoms with van der Waals surface area (Å²) in [6, 6.07) is 5.50. The van der Waals surface area contributed by atoms with Crippen LogP contribution in [0.2, 0.25) is 0 Å². The number of methoxy groups -OCH3 is 2. The SMILES string of the molecule is COCCOC(=O)C1=C(C)N(N=O)C(C)=C(C(=O)OCCOC)C1c1cccc([N+](=O)[O-])c1. The van der Waals surface area contributed by atoms with Crippen molar-refractivity contribution in [3.8, 4) is 0 Å². The Labute approximate surface area is 189 Å². The van der Waals surface area contributed by atoms with Gasteiger partial charge >= 0.3 is 11.9 Å². The number of ether oxygens (including phenoxy) is 4. The van der Waals surface area contributed by atoms with E-state index in [2.05, 4.69) is 5.29 Å². The van der Waals surface area contributed by atoms with E-state index in [9.17, 15) is 24.6 Å². The third-order valence-electron chi connectivity index (χ3n) is 4.97. The van der Waals surface area contributed by atoms with Gasteiger partial charge in [-0.3, -0.25) is 10.1 Å². The van der Waals surface area contributed by atoms with Gasteiger partial charge in [0.05, 0.1) is 51.9 Å². The molecule has 0 spiro atoms. The Bertz CT molecular complexity index is 941. The van der Waals surface area contributed by atoms with E-state index in [4.69, 9.17) is 18.9 Å². The van der Waals surface area contributed by atoms with Gasteiger partial charge in [0.15, 0.2) is 0 Å². The second-order valence-electron chi connectivity index (χ2n) is 6.93. The molecule has 1 aliphatic heterocycles. The lowest BCUT2D eigenvalue weighted by atomic mass is 9.80. The van der Waals surface area contributed by atoms with Crippen molar-refractivity contribution in [1.29, 1.82) is 0 Å². The minimum Gasteiger partial charge on any atom is -0.460 e. The van der Waals surface area contributed by atoms with E-state index in [1.54, 1.807) is 0 Å². The van der Waals surface area contributed by atoms with Gasteiger partial charge in [0.1, 0.15) is 13.2 Å². The highest BCUT2D eigenvalue weighted by atomic mass is 16.6. The molecule has 0 atom stereocenters. The number of carbonyl (C=O) groups excluding carboxylic acids is 2. The predicted molar refractivity (Wildman–Crippen MR) is 115 cm³/mol. The Morgan fingerprint density at radius 1 is 1.00 bits per heavy atom. The van der Waals surface area contributed by atoms with Crippen LogP contribution in [0.25, 0.3) is 0 Å². The smallest absolute Gasteiger partial charge is 0.336 e. The molecular formula is C21H25N3O9. The minimum absolute atomic E-state index is 0.0736. The monoisotopic (exact) mass is 463 g/mol. The molecule has 0 saturated heterocycles. The number of nitroso groups, excluding NO2 is 1. The topological polar surface area (TPSA) is 147 Å². The third-order valence-corrected chi connectivity index (χ3v) is 4.97. The maximum atomic E-state index is 13.0. The van der Waals surface area contributed by atoms with Crippen LogP contribution in [-0.2, 0) is 28.5 Å². The number of hydrogen-bond acceptors (Lipinski definition) is 10. The van der Waals surface area contributed by atoms with E-state index in [1.807, 2.05) is 0 Å². The van der Waals surface area contributed by atoms with Gasteiger partial charge in [0, 0.05) is 26.4 Å². The number of nitro groups is 1. The second kappa shape index (κ2) is 11.8. The minimum atomic E-state index is -1.10. The molecule has 33 heavy (non-hydrogen) atoms. The molecule has 1 heterocycles. The van der Waals surface area contributed by atoms with Crippen LogP contribution in [0.5, 0.6) is 0 Å². The fourth-order valence-corrected chi connectivity index (χ4v) is 3.44.